The minimum absolute atomic E-state index is 0.00745. The van der Waals surface area contributed by atoms with Gasteiger partial charge in [0.2, 0.25) is 11.8 Å². The van der Waals surface area contributed by atoms with E-state index in [1.165, 1.54) is 0 Å². The van der Waals surface area contributed by atoms with Crippen LogP contribution in [-0.2, 0) is 20.9 Å². The Morgan fingerprint density at radius 2 is 2.24 bits per heavy atom. The van der Waals surface area contributed by atoms with Crippen molar-refractivity contribution in [2.45, 2.75) is 45.4 Å². The molecule has 0 aliphatic carbocycles. The molecule has 116 valence electrons. The number of nitrogens with one attached hydrogen (secondary N) is 2. The van der Waals surface area contributed by atoms with Gasteiger partial charge in [0.05, 0.1) is 12.8 Å². The fourth-order valence-corrected chi connectivity index (χ4v) is 2.26. The molecule has 0 aromatic carbocycles. The number of rotatable bonds is 6. The Kier molecular flexibility index (Phi) is 5.38. The molecule has 0 bridgehead atoms. The van der Waals surface area contributed by atoms with E-state index in [0.717, 1.165) is 6.42 Å². The summed E-state index contributed by atoms with van der Waals surface area (Å²) in [7, 11) is 0. The summed E-state index contributed by atoms with van der Waals surface area (Å²) in [5.74, 6) is 0.246. The van der Waals surface area contributed by atoms with Crippen LogP contribution in [-0.4, -0.2) is 30.6 Å². The molecular weight excluding hydrogens is 272 g/mol. The van der Waals surface area contributed by atoms with Crippen molar-refractivity contribution < 1.29 is 18.7 Å². The summed E-state index contributed by atoms with van der Waals surface area (Å²) < 4.78 is 10.5. The number of amides is 2. The summed E-state index contributed by atoms with van der Waals surface area (Å²) in [6.45, 7) is 4.71. The van der Waals surface area contributed by atoms with E-state index in [-0.39, 0.29) is 17.7 Å². The van der Waals surface area contributed by atoms with Gasteiger partial charge in [0.25, 0.3) is 0 Å². The van der Waals surface area contributed by atoms with Crippen molar-refractivity contribution in [3.05, 3.63) is 24.2 Å². The third-order valence-electron chi connectivity index (χ3n) is 3.49. The highest BCUT2D eigenvalue weighted by molar-refractivity contribution is 5.89. The minimum atomic E-state index is -0.573. The first-order valence-corrected chi connectivity index (χ1v) is 7.30. The Morgan fingerprint density at radius 1 is 1.43 bits per heavy atom. The standard InChI is InChI=1S/C15H22N2O4/c1-10(2)13(17-14(18)12-6-4-8-21-12)15(19)16-9-11-5-3-7-20-11/h3,5,7,10,12-13H,4,6,8-9H2,1-2H3,(H,16,19)(H,17,18)/t12?,13-/m1/s1. The van der Waals surface area contributed by atoms with Crippen molar-refractivity contribution >= 4 is 11.8 Å². The molecule has 0 saturated carbocycles. The van der Waals surface area contributed by atoms with Gasteiger partial charge >= 0.3 is 0 Å². The molecule has 1 aliphatic rings. The predicted octanol–water partition coefficient (Wildman–Crippen LogP) is 1.22. The van der Waals surface area contributed by atoms with Gasteiger partial charge in [-0.15, -0.1) is 0 Å². The maximum absolute atomic E-state index is 12.2. The normalized spacial score (nSPS) is 19.5. The first-order chi connectivity index (χ1) is 10.1. The smallest absolute Gasteiger partial charge is 0.249 e. The Balaban J connectivity index is 1.87. The third-order valence-corrected chi connectivity index (χ3v) is 3.49. The second kappa shape index (κ2) is 7.26. The molecule has 0 radical (unpaired) electrons. The highest BCUT2D eigenvalue weighted by atomic mass is 16.5. The lowest BCUT2D eigenvalue weighted by atomic mass is 10.0. The second-order valence-electron chi connectivity index (χ2n) is 5.53. The lowest BCUT2D eigenvalue weighted by molar-refractivity contribution is -0.135. The van der Waals surface area contributed by atoms with Gasteiger partial charge in [-0.05, 0) is 30.9 Å². The largest absolute Gasteiger partial charge is 0.467 e. The van der Waals surface area contributed by atoms with Crippen LogP contribution in [0.15, 0.2) is 22.8 Å². The fourth-order valence-electron chi connectivity index (χ4n) is 2.26. The van der Waals surface area contributed by atoms with E-state index in [4.69, 9.17) is 9.15 Å². The molecular formula is C15H22N2O4. The first kappa shape index (κ1) is 15.6. The average molecular weight is 294 g/mol. The van der Waals surface area contributed by atoms with Crippen LogP contribution in [0.25, 0.3) is 0 Å². The second-order valence-corrected chi connectivity index (χ2v) is 5.53. The van der Waals surface area contributed by atoms with Gasteiger partial charge in [0.15, 0.2) is 0 Å². The zero-order valence-corrected chi connectivity index (χ0v) is 12.4. The molecule has 6 heteroatoms. The van der Waals surface area contributed by atoms with Gasteiger partial charge < -0.3 is 19.8 Å². The number of furan rings is 1. The summed E-state index contributed by atoms with van der Waals surface area (Å²) in [5, 5.41) is 5.56. The van der Waals surface area contributed by atoms with Crippen molar-refractivity contribution in [2.75, 3.05) is 6.61 Å². The topological polar surface area (TPSA) is 80.6 Å². The Labute approximate surface area is 124 Å². The molecule has 1 saturated heterocycles. The third kappa shape index (κ3) is 4.32. The first-order valence-electron chi connectivity index (χ1n) is 7.30. The summed E-state index contributed by atoms with van der Waals surface area (Å²) in [6.07, 6.45) is 2.73. The quantitative estimate of drug-likeness (QED) is 0.826. The van der Waals surface area contributed by atoms with Crippen molar-refractivity contribution in [3.63, 3.8) is 0 Å². The summed E-state index contributed by atoms with van der Waals surface area (Å²) >= 11 is 0. The molecule has 6 nitrogen and oxygen atoms in total. The van der Waals surface area contributed by atoms with E-state index < -0.39 is 12.1 Å². The van der Waals surface area contributed by atoms with E-state index in [2.05, 4.69) is 10.6 Å². The molecule has 2 rings (SSSR count). The van der Waals surface area contributed by atoms with Gasteiger partial charge in [-0.1, -0.05) is 13.8 Å². The van der Waals surface area contributed by atoms with Crippen LogP contribution in [0.4, 0.5) is 0 Å². The zero-order chi connectivity index (χ0) is 15.2. The average Bonchev–Trinajstić information content (AvgIpc) is 3.13. The number of hydrogen-bond donors (Lipinski definition) is 2. The number of hydrogen-bond acceptors (Lipinski definition) is 4. The van der Waals surface area contributed by atoms with E-state index >= 15 is 0 Å². The highest BCUT2D eigenvalue weighted by Crippen LogP contribution is 2.13. The zero-order valence-electron chi connectivity index (χ0n) is 12.4. The molecule has 2 heterocycles. The number of ether oxygens (including phenoxy) is 1. The van der Waals surface area contributed by atoms with Gasteiger partial charge in [-0.3, -0.25) is 9.59 Å². The lowest BCUT2D eigenvalue weighted by Gasteiger charge is -2.23. The highest BCUT2D eigenvalue weighted by Gasteiger charge is 2.29. The van der Waals surface area contributed by atoms with E-state index in [1.54, 1.807) is 18.4 Å². The van der Waals surface area contributed by atoms with Gasteiger partial charge in [-0.25, -0.2) is 0 Å². The molecule has 1 unspecified atom stereocenters. The maximum Gasteiger partial charge on any atom is 0.249 e. The van der Waals surface area contributed by atoms with E-state index in [0.29, 0.717) is 25.3 Å². The molecule has 21 heavy (non-hydrogen) atoms. The van der Waals surface area contributed by atoms with Crippen LogP contribution in [0.5, 0.6) is 0 Å². The van der Waals surface area contributed by atoms with Crippen LogP contribution in [0.3, 0.4) is 0 Å². The SMILES string of the molecule is CC(C)[C@@H](NC(=O)C1CCCO1)C(=O)NCc1ccco1. The molecule has 2 N–H and O–H groups in total. The van der Waals surface area contributed by atoms with Gasteiger partial charge in [0.1, 0.15) is 17.9 Å². The van der Waals surface area contributed by atoms with Crippen LogP contribution in [0, 0.1) is 5.92 Å². The molecule has 1 aromatic heterocycles. The Bertz CT molecular complexity index is 464. The van der Waals surface area contributed by atoms with Crippen molar-refractivity contribution in [2.24, 2.45) is 5.92 Å². The maximum atomic E-state index is 12.2. The monoisotopic (exact) mass is 294 g/mol. The van der Waals surface area contributed by atoms with Crippen LogP contribution >= 0.6 is 0 Å². The van der Waals surface area contributed by atoms with Crippen molar-refractivity contribution in [1.82, 2.24) is 10.6 Å². The molecule has 0 spiro atoms. The van der Waals surface area contributed by atoms with Gasteiger partial charge in [-0.2, -0.15) is 0 Å². The van der Waals surface area contributed by atoms with E-state index in [9.17, 15) is 9.59 Å². The van der Waals surface area contributed by atoms with Crippen LogP contribution in [0.2, 0.25) is 0 Å². The Morgan fingerprint density at radius 3 is 2.81 bits per heavy atom. The number of carbonyl (C=O) groups is 2. The molecule has 2 atom stereocenters. The molecule has 2 amide bonds. The fraction of sp³-hybridized carbons (Fsp3) is 0.600. The summed E-state index contributed by atoms with van der Waals surface area (Å²) in [4.78, 5) is 24.3. The predicted molar refractivity (Wildman–Crippen MR) is 76.3 cm³/mol. The molecule has 1 fully saturated rings. The van der Waals surface area contributed by atoms with E-state index in [1.807, 2.05) is 13.8 Å². The summed E-state index contributed by atoms with van der Waals surface area (Å²) in [5.41, 5.74) is 0. The van der Waals surface area contributed by atoms with Crippen LogP contribution < -0.4 is 10.6 Å². The summed E-state index contributed by atoms with van der Waals surface area (Å²) in [6, 6.07) is 2.98. The Hall–Kier alpha value is -1.82. The van der Waals surface area contributed by atoms with Gasteiger partial charge in [0, 0.05) is 6.61 Å². The van der Waals surface area contributed by atoms with Crippen molar-refractivity contribution in [1.29, 1.82) is 0 Å². The van der Waals surface area contributed by atoms with Crippen molar-refractivity contribution in [3.8, 4) is 0 Å². The molecule has 1 aromatic rings. The lowest BCUT2D eigenvalue weighted by Crippen LogP contribution is -2.52. The number of carbonyl (C=O) groups excluding carboxylic acids is 2. The minimum Gasteiger partial charge on any atom is -0.467 e. The van der Waals surface area contributed by atoms with Crippen LogP contribution in [0.1, 0.15) is 32.4 Å². The molecule has 1 aliphatic heterocycles.